The van der Waals surface area contributed by atoms with Crippen LogP contribution in [0.3, 0.4) is 0 Å². The first-order valence-electron chi connectivity index (χ1n) is 9.90. The summed E-state index contributed by atoms with van der Waals surface area (Å²) >= 11 is 0. The zero-order valence-corrected chi connectivity index (χ0v) is 17.5. The maximum Gasteiger partial charge on any atom is 0.279 e. The first-order chi connectivity index (χ1) is 14.8. The molecule has 1 fully saturated rings. The lowest BCUT2D eigenvalue weighted by Crippen LogP contribution is -3.15. The smallest absolute Gasteiger partial charge is 0.279 e. The fourth-order valence-electron chi connectivity index (χ4n) is 3.70. The second-order valence-corrected chi connectivity index (χ2v) is 9.45. The van der Waals surface area contributed by atoms with Crippen molar-refractivity contribution in [3.8, 4) is 0 Å². The van der Waals surface area contributed by atoms with E-state index in [9.17, 15) is 22.0 Å². The standard InChI is InChI=1S/C22H21F2N3O3S/c23-20-8-6-18(14-21(20)24)25-22(28)15-26-9-11-27(12-10-26)31(29,30)19-7-5-16-3-1-2-4-17(16)13-19/h1-8,13-14H,9-12,15H2,(H,25,28)/p+1. The zero-order valence-electron chi connectivity index (χ0n) is 16.6. The molecule has 0 aliphatic carbocycles. The van der Waals surface area contributed by atoms with Gasteiger partial charge in [0, 0.05) is 11.8 Å². The molecule has 0 atom stereocenters. The van der Waals surface area contributed by atoms with Gasteiger partial charge in [-0.2, -0.15) is 4.31 Å². The van der Waals surface area contributed by atoms with Crippen LogP contribution in [0.5, 0.6) is 0 Å². The van der Waals surface area contributed by atoms with Gasteiger partial charge >= 0.3 is 0 Å². The van der Waals surface area contributed by atoms with E-state index in [4.69, 9.17) is 0 Å². The maximum absolute atomic E-state index is 13.3. The molecule has 3 aromatic carbocycles. The molecule has 0 radical (unpaired) electrons. The third-order valence-electron chi connectivity index (χ3n) is 5.40. The average molecular weight is 446 g/mol. The Bertz CT molecular complexity index is 1230. The lowest BCUT2D eigenvalue weighted by Gasteiger charge is -2.31. The second kappa shape index (κ2) is 8.70. The number of rotatable bonds is 5. The third kappa shape index (κ3) is 4.73. The number of amides is 1. The number of hydrogen-bond donors (Lipinski definition) is 2. The van der Waals surface area contributed by atoms with Crippen LogP contribution in [-0.2, 0) is 14.8 Å². The second-order valence-electron chi connectivity index (χ2n) is 7.52. The van der Waals surface area contributed by atoms with E-state index in [-0.39, 0.29) is 23.0 Å². The summed E-state index contributed by atoms with van der Waals surface area (Å²) < 4.78 is 53.8. The van der Waals surface area contributed by atoms with Gasteiger partial charge in [0.1, 0.15) is 0 Å². The number of halogens is 2. The highest BCUT2D eigenvalue weighted by Crippen LogP contribution is 2.22. The lowest BCUT2D eigenvalue weighted by atomic mass is 10.1. The molecule has 1 amide bonds. The molecule has 0 aromatic heterocycles. The molecule has 3 aromatic rings. The summed E-state index contributed by atoms with van der Waals surface area (Å²) in [6, 6.07) is 15.8. The van der Waals surface area contributed by atoms with E-state index in [1.165, 1.54) is 10.4 Å². The van der Waals surface area contributed by atoms with Gasteiger partial charge in [-0.1, -0.05) is 30.3 Å². The van der Waals surface area contributed by atoms with Gasteiger partial charge in [0.05, 0.1) is 31.1 Å². The fraction of sp³-hybridized carbons (Fsp3) is 0.227. The molecule has 0 unspecified atom stereocenters. The molecule has 2 N–H and O–H groups in total. The number of nitrogens with zero attached hydrogens (tertiary/aromatic N) is 1. The van der Waals surface area contributed by atoms with Crippen molar-refractivity contribution in [2.45, 2.75) is 4.90 Å². The zero-order chi connectivity index (χ0) is 22.0. The monoisotopic (exact) mass is 446 g/mol. The van der Waals surface area contributed by atoms with Crippen LogP contribution >= 0.6 is 0 Å². The largest absolute Gasteiger partial charge is 0.325 e. The highest BCUT2D eigenvalue weighted by Gasteiger charge is 2.31. The summed E-state index contributed by atoms with van der Waals surface area (Å²) in [5, 5.41) is 4.38. The molecule has 4 rings (SSSR count). The SMILES string of the molecule is O=C(C[NH+]1CCN(S(=O)(=O)c2ccc3ccccc3c2)CC1)Nc1ccc(F)c(F)c1. The van der Waals surface area contributed by atoms with Crippen LogP contribution in [0.15, 0.2) is 65.6 Å². The van der Waals surface area contributed by atoms with Crippen LogP contribution in [0.4, 0.5) is 14.5 Å². The van der Waals surface area contributed by atoms with Crippen molar-refractivity contribution < 1.29 is 26.9 Å². The predicted molar refractivity (Wildman–Crippen MR) is 113 cm³/mol. The Labute approximate surface area is 179 Å². The molecular formula is C22H22F2N3O3S+. The number of anilines is 1. The van der Waals surface area contributed by atoms with E-state index >= 15 is 0 Å². The van der Waals surface area contributed by atoms with Gasteiger partial charge in [0.15, 0.2) is 18.2 Å². The van der Waals surface area contributed by atoms with Crippen LogP contribution in [0.1, 0.15) is 0 Å². The van der Waals surface area contributed by atoms with Gasteiger partial charge in [-0.25, -0.2) is 17.2 Å². The van der Waals surface area contributed by atoms with Gasteiger partial charge in [0.2, 0.25) is 10.0 Å². The average Bonchev–Trinajstić information content (AvgIpc) is 2.76. The van der Waals surface area contributed by atoms with Gasteiger partial charge in [-0.3, -0.25) is 4.79 Å². The number of carbonyl (C=O) groups is 1. The number of quaternary nitrogens is 1. The Morgan fingerprint density at radius 1 is 0.935 bits per heavy atom. The van der Waals surface area contributed by atoms with E-state index in [2.05, 4.69) is 5.32 Å². The highest BCUT2D eigenvalue weighted by atomic mass is 32.2. The summed E-state index contributed by atoms with van der Waals surface area (Å²) in [4.78, 5) is 13.4. The van der Waals surface area contributed by atoms with Crippen molar-refractivity contribution in [1.82, 2.24) is 4.31 Å². The normalized spacial score (nSPS) is 15.8. The lowest BCUT2D eigenvalue weighted by molar-refractivity contribution is -0.895. The number of nitrogens with one attached hydrogen (secondary N) is 2. The van der Waals surface area contributed by atoms with Gasteiger partial charge in [0.25, 0.3) is 5.91 Å². The molecule has 0 spiro atoms. The molecule has 0 bridgehead atoms. The van der Waals surface area contributed by atoms with Gasteiger partial charge in [-0.05, 0) is 35.0 Å². The van der Waals surface area contributed by atoms with E-state index < -0.39 is 21.7 Å². The number of fused-ring (bicyclic) bond motifs is 1. The number of sulfonamides is 1. The van der Waals surface area contributed by atoms with Crippen LogP contribution in [-0.4, -0.2) is 51.4 Å². The molecule has 6 nitrogen and oxygen atoms in total. The first kappa shape index (κ1) is 21.4. The molecule has 1 aliphatic heterocycles. The van der Waals surface area contributed by atoms with E-state index in [1.807, 2.05) is 24.3 Å². The Hall–Kier alpha value is -2.88. The minimum absolute atomic E-state index is 0.114. The number of benzene rings is 3. The van der Waals surface area contributed by atoms with Crippen LogP contribution in [0.25, 0.3) is 10.8 Å². The van der Waals surface area contributed by atoms with Crippen molar-refractivity contribution in [1.29, 1.82) is 0 Å². The molecule has 1 aliphatic rings. The molecule has 162 valence electrons. The van der Waals surface area contributed by atoms with Gasteiger partial charge < -0.3 is 10.2 Å². The predicted octanol–water partition coefficient (Wildman–Crippen LogP) is 1.65. The van der Waals surface area contributed by atoms with Crippen LogP contribution < -0.4 is 10.2 Å². The molecular weight excluding hydrogens is 424 g/mol. The van der Waals surface area contributed by atoms with Gasteiger partial charge in [-0.15, -0.1) is 0 Å². The number of hydrogen-bond acceptors (Lipinski definition) is 3. The maximum atomic E-state index is 13.3. The summed E-state index contributed by atoms with van der Waals surface area (Å²) in [7, 11) is -3.62. The summed E-state index contributed by atoms with van der Waals surface area (Å²) in [5.74, 6) is -2.35. The molecule has 9 heteroatoms. The number of piperazine rings is 1. The van der Waals surface area contributed by atoms with Crippen LogP contribution in [0.2, 0.25) is 0 Å². The third-order valence-corrected chi connectivity index (χ3v) is 7.30. The van der Waals surface area contributed by atoms with E-state index in [0.29, 0.717) is 26.2 Å². The Balaban J connectivity index is 1.36. The Morgan fingerprint density at radius 3 is 2.35 bits per heavy atom. The molecule has 31 heavy (non-hydrogen) atoms. The summed E-state index contributed by atoms with van der Waals surface area (Å²) in [6.07, 6.45) is 0. The first-order valence-corrected chi connectivity index (χ1v) is 11.3. The quantitative estimate of drug-likeness (QED) is 0.626. The topological polar surface area (TPSA) is 70.9 Å². The molecule has 1 heterocycles. The molecule has 1 saturated heterocycles. The Kier molecular flexibility index (Phi) is 5.99. The minimum Gasteiger partial charge on any atom is -0.325 e. The minimum atomic E-state index is -3.62. The summed E-state index contributed by atoms with van der Waals surface area (Å²) in [6.45, 7) is 1.64. The highest BCUT2D eigenvalue weighted by molar-refractivity contribution is 7.89. The van der Waals surface area contributed by atoms with Crippen LogP contribution in [0, 0.1) is 11.6 Å². The fourth-order valence-corrected chi connectivity index (χ4v) is 5.18. The van der Waals surface area contributed by atoms with Crippen molar-refractivity contribution in [3.63, 3.8) is 0 Å². The van der Waals surface area contributed by atoms with E-state index in [0.717, 1.165) is 27.8 Å². The molecule has 0 saturated carbocycles. The summed E-state index contributed by atoms with van der Waals surface area (Å²) in [5.41, 5.74) is 0.181. The number of carbonyl (C=O) groups excluding carboxylic acids is 1. The van der Waals surface area contributed by atoms with Crippen molar-refractivity contribution in [3.05, 3.63) is 72.3 Å². The van der Waals surface area contributed by atoms with Crippen molar-refractivity contribution in [2.75, 3.05) is 38.0 Å². The Morgan fingerprint density at radius 2 is 1.65 bits per heavy atom. The van der Waals surface area contributed by atoms with E-state index in [1.54, 1.807) is 18.2 Å². The van der Waals surface area contributed by atoms with Crippen molar-refractivity contribution >= 4 is 32.4 Å². The van der Waals surface area contributed by atoms with Crippen molar-refractivity contribution in [2.24, 2.45) is 0 Å².